The van der Waals surface area contributed by atoms with Gasteiger partial charge in [-0.2, -0.15) is 5.10 Å². The molecule has 1 N–H and O–H groups in total. The molecule has 0 aliphatic heterocycles. The van der Waals surface area contributed by atoms with E-state index in [2.05, 4.69) is 35.5 Å². The van der Waals surface area contributed by atoms with Gasteiger partial charge < -0.3 is 15.0 Å². The van der Waals surface area contributed by atoms with Gasteiger partial charge in [-0.05, 0) is 70.0 Å². The smallest absolute Gasteiger partial charge is 0.272 e. The molecule has 1 saturated carbocycles. The molecule has 6 heteroatoms. The van der Waals surface area contributed by atoms with Crippen LogP contribution in [-0.4, -0.2) is 47.3 Å². The predicted molar refractivity (Wildman–Crippen MR) is 111 cm³/mol. The average Bonchev–Trinajstić information content (AvgIpc) is 3.13. The Balaban J connectivity index is 1.58. The van der Waals surface area contributed by atoms with E-state index in [0.717, 1.165) is 29.8 Å². The number of nitrogens with zero attached hydrogens (tertiary/aromatic N) is 3. The van der Waals surface area contributed by atoms with Crippen LogP contribution in [-0.2, 0) is 6.73 Å². The average molecular weight is 385 g/mol. The largest absolute Gasteiger partial charge is 0.471 e. The minimum Gasteiger partial charge on any atom is -0.471 e. The Kier molecular flexibility index (Phi) is 6.73. The van der Waals surface area contributed by atoms with E-state index >= 15 is 0 Å². The molecule has 1 aromatic heterocycles. The van der Waals surface area contributed by atoms with Crippen LogP contribution in [0.3, 0.4) is 0 Å². The van der Waals surface area contributed by atoms with E-state index in [1.165, 1.54) is 19.3 Å². The molecule has 6 nitrogen and oxygen atoms in total. The summed E-state index contributed by atoms with van der Waals surface area (Å²) in [6, 6.07) is 8.10. The third-order valence-corrected chi connectivity index (χ3v) is 5.39. The highest BCUT2D eigenvalue weighted by Crippen LogP contribution is 2.25. The Morgan fingerprint density at radius 3 is 2.82 bits per heavy atom. The van der Waals surface area contributed by atoms with Crippen molar-refractivity contribution in [2.45, 2.75) is 52.3 Å². The van der Waals surface area contributed by atoms with Gasteiger partial charge in [-0.1, -0.05) is 25.0 Å². The van der Waals surface area contributed by atoms with E-state index in [9.17, 15) is 4.79 Å². The molecule has 28 heavy (non-hydrogen) atoms. The summed E-state index contributed by atoms with van der Waals surface area (Å²) in [5, 5.41) is 7.61. The van der Waals surface area contributed by atoms with Crippen molar-refractivity contribution in [2.24, 2.45) is 5.92 Å². The van der Waals surface area contributed by atoms with E-state index in [1.807, 2.05) is 26.0 Å². The second kappa shape index (κ2) is 9.24. The van der Waals surface area contributed by atoms with Crippen LogP contribution in [0.5, 0.6) is 5.75 Å². The highest BCUT2D eigenvalue weighted by atomic mass is 16.5. The summed E-state index contributed by atoms with van der Waals surface area (Å²) in [5.74, 6) is 1.25. The predicted octanol–water partition coefficient (Wildman–Crippen LogP) is 3.39. The third kappa shape index (κ3) is 5.35. The summed E-state index contributed by atoms with van der Waals surface area (Å²) in [4.78, 5) is 14.9. The first kappa shape index (κ1) is 20.4. The maximum atomic E-state index is 12.7. The molecule has 1 aliphatic carbocycles. The number of carbonyl (C=O) groups is 1. The van der Waals surface area contributed by atoms with Crippen LogP contribution in [0.25, 0.3) is 0 Å². The van der Waals surface area contributed by atoms with Gasteiger partial charge in [-0.25, -0.2) is 4.68 Å². The molecule has 1 aromatic carbocycles. The monoisotopic (exact) mass is 384 g/mol. The van der Waals surface area contributed by atoms with Crippen LogP contribution in [0, 0.1) is 19.8 Å². The third-order valence-electron chi connectivity index (χ3n) is 5.39. The lowest BCUT2D eigenvalue weighted by Gasteiger charge is -2.33. The van der Waals surface area contributed by atoms with E-state index < -0.39 is 0 Å². The minimum atomic E-state index is -0.0962. The van der Waals surface area contributed by atoms with E-state index in [4.69, 9.17) is 4.74 Å². The van der Waals surface area contributed by atoms with Gasteiger partial charge in [0.1, 0.15) is 11.4 Å². The number of rotatable bonds is 7. The SMILES string of the molecule is Cc1ccc(C)c(OCn2ccc(C(=O)NC3CCCCC3CN(C)C)n2)c1. The standard InChI is InChI=1S/C22H32N4O2/c1-16-9-10-17(2)21(13-16)28-15-26-12-11-20(24-26)22(27)23-19-8-6-5-7-18(19)14-25(3)4/h9-13,18-19H,5-8,14-15H2,1-4H3,(H,23,27). The van der Waals surface area contributed by atoms with Crippen molar-refractivity contribution < 1.29 is 9.53 Å². The number of nitrogens with one attached hydrogen (secondary N) is 1. The maximum absolute atomic E-state index is 12.7. The number of amides is 1. The molecule has 2 atom stereocenters. The second-order valence-electron chi connectivity index (χ2n) is 8.17. The summed E-state index contributed by atoms with van der Waals surface area (Å²) in [5.41, 5.74) is 2.68. The summed E-state index contributed by atoms with van der Waals surface area (Å²) in [6.07, 6.45) is 6.42. The van der Waals surface area contributed by atoms with Gasteiger partial charge in [0.25, 0.3) is 5.91 Å². The topological polar surface area (TPSA) is 59.4 Å². The van der Waals surface area contributed by atoms with Gasteiger partial charge in [-0.3, -0.25) is 4.79 Å². The molecule has 1 aliphatic rings. The number of ether oxygens (including phenoxy) is 1. The van der Waals surface area contributed by atoms with Gasteiger partial charge in [0.05, 0.1) is 0 Å². The van der Waals surface area contributed by atoms with Crippen LogP contribution < -0.4 is 10.1 Å². The molecule has 1 heterocycles. The van der Waals surface area contributed by atoms with Crippen LogP contribution in [0.15, 0.2) is 30.5 Å². The Labute approximate surface area is 167 Å². The van der Waals surface area contributed by atoms with Crippen LogP contribution >= 0.6 is 0 Å². The number of aromatic nitrogens is 2. The van der Waals surface area contributed by atoms with E-state index in [1.54, 1.807) is 16.9 Å². The molecule has 2 aromatic rings. The van der Waals surface area contributed by atoms with Gasteiger partial charge in [0.15, 0.2) is 6.73 Å². The second-order valence-corrected chi connectivity index (χ2v) is 8.17. The fourth-order valence-corrected chi connectivity index (χ4v) is 3.88. The number of hydrogen-bond acceptors (Lipinski definition) is 4. The lowest BCUT2D eigenvalue weighted by Crippen LogP contribution is -2.45. The Hall–Kier alpha value is -2.34. The highest BCUT2D eigenvalue weighted by Gasteiger charge is 2.27. The summed E-state index contributed by atoms with van der Waals surface area (Å²) < 4.78 is 7.53. The van der Waals surface area contributed by atoms with Crippen molar-refractivity contribution in [1.29, 1.82) is 0 Å². The molecule has 2 unspecified atom stereocenters. The number of benzene rings is 1. The van der Waals surface area contributed by atoms with E-state index in [-0.39, 0.29) is 18.7 Å². The quantitative estimate of drug-likeness (QED) is 0.795. The van der Waals surface area contributed by atoms with Crippen LogP contribution in [0.4, 0.5) is 0 Å². The minimum absolute atomic E-state index is 0.0962. The fourth-order valence-electron chi connectivity index (χ4n) is 3.88. The van der Waals surface area contributed by atoms with Crippen molar-refractivity contribution >= 4 is 5.91 Å². The van der Waals surface area contributed by atoms with E-state index in [0.29, 0.717) is 11.6 Å². The Bertz CT molecular complexity index is 800. The highest BCUT2D eigenvalue weighted by molar-refractivity contribution is 5.92. The van der Waals surface area contributed by atoms with Gasteiger partial charge in [-0.15, -0.1) is 0 Å². The molecular formula is C22H32N4O2. The number of aryl methyl sites for hydroxylation is 2. The molecule has 0 radical (unpaired) electrons. The first-order valence-corrected chi connectivity index (χ1v) is 10.1. The maximum Gasteiger partial charge on any atom is 0.272 e. The lowest BCUT2D eigenvalue weighted by molar-refractivity contribution is 0.0888. The summed E-state index contributed by atoms with van der Waals surface area (Å²) >= 11 is 0. The normalized spacial score (nSPS) is 19.6. The first-order chi connectivity index (χ1) is 13.4. The van der Waals surface area contributed by atoms with Crippen molar-refractivity contribution in [3.63, 3.8) is 0 Å². The molecule has 1 fully saturated rings. The summed E-state index contributed by atoms with van der Waals surface area (Å²) in [7, 11) is 4.18. The molecule has 152 valence electrons. The zero-order valence-electron chi connectivity index (χ0n) is 17.4. The lowest BCUT2D eigenvalue weighted by atomic mass is 9.84. The Morgan fingerprint density at radius 2 is 2.04 bits per heavy atom. The zero-order chi connectivity index (χ0) is 20.1. The van der Waals surface area contributed by atoms with Gasteiger partial charge in [0.2, 0.25) is 0 Å². The molecule has 3 rings (SSSR count). The van der Waals surface area contributed by atoms with Crippen molar-refractivity contribution in [3.05, 3.63) is 47.3 Å². The van der Waals surface area contributed by atoms with Gasteiger partial charge in [0, 0.05) is 18.8 Å². The van der Waals surface area contributed by atoms with Gasteiger partial charge >= 0.3 is 0 Å². The number of hydrogen-bond donors (Lipinski definition) is 1. The van der Waals surface area contributed by atoms with Crippen molar-refractivity contribution in [1.82, 2.24) is 20.0 Å². The van der Waals surface area contributed by atoms with Crippen molar-refractivity contribution in [2.75, 3.05) is 20.6 Å². The molecule has 1 amide bonds. The van der Waals surface area contributed by atoms with Crippen molar-refractivity contribution in [3.8, 4) is 5.75 Å². The fraction of sp³-hybridized carbons (Fsp3) is 0.545. The molecule has 0 saturated heterocycles. The first-order valence-electron chi connectivity index (χ1n) is 10.1. The molecular weight excluding hydrogens is 352 g/mol. The zero-order valence-corrected chi connectivity index (χ0v) is 17.4. The summed E-state index contributed by atoms with van der Waals surface area (Å²) in [6.45, 7) is 5.34. The molecule has 0 bridgehead atoms. The Morgan fingerprint density at radius 1 is 1.25 bits per heavy atom. The number of carbonyl (C=O) groups excluding carboxylic acids is 1. The van der Waals surface area contributed by atoms with Crippen LogP contribution in [0.2, 0.25) is 0 Å². The van der Waals surface area contributed by atoms with Crippen LogP contribution in [0.1, 0.15) is 47.3 Å². The molecule has 0 spiro atoms.